The Morgan fingerprint density at radius 3 is 2.90 bits per heavy atom. The summed E-state index contributed by atoms with van der Waals surface area (Å²) in [6.45, 7) is 4.44. The van der Waals surface area contributed by atoms with Gasteiger partial charge in [-0.15, -0.1) is 5.10 Å². The highest BCUT2D eigenvalue weighted by Gasteiger charge is 2.16. The predicted molar refractivity (Wildman–Crippen MR) is 78.8 cm³/mol. The molecule has 3 aromatic heterocycles. The van der Waals surface area contributed by atoms with Crippen molar-refractivity contribution in [2.45, 2.75) is 20.4 Å². The van der Waals surface area contributed by atoms with Crippen molar-refractivity contribution >= 4 is 27.0 Å². The Labute approximate surface area is 123 Å². The lowest BCUT2D eigenvalue weighted by atomic mass is 10.2. The molecule has 0 saturated heterocycles. The lowest BCUT2D eigenvalue weighted by Crippen LogP contribution is -2.03. The summed E-state index contributed by atoms with van der Waals surface area (Å²) in [5.74, 6) is 0. The molecule has 0 fully saturated rings. The van der Waals surface area contributed by atoms with Crippen LogP contribution in [0, 0.1) is 13.8 Å². The standard InChI is InChI=1S/C14H12BrN3O2/c1-8-11-9(2)18(7-10-4-3-5-16-6-10)17-13(11)20-14(19)12(8)15/h3-6H,7H2,1-2H3. The molecular weight excluding hydrogens is 322 g/mol. The minimum Gasteiger partial charge on any atom is -0.401 e. The Bertz CT molecular complexity index is 837. The molecule has 102 valence electrons. The van der Waals surface area contributed by atoms with Gasteiger partial charge >= 0.3 is 5.63 Å². The van der Waals surface area contributed by atoms with Crippen LogP contribution in [0.3, 0.4) is 0 Å². The first-order valence-corrected chi connectivity index (χ1v) is 6.92. The van der Waals surface area contributed by atoms with Crippen LogP contribution in [0.5, 0.6) is 0 Å². The molecular formula is C14H12BrN3O2. The molecule has 6 heteroatoms. The minimum atomic E-state index is -0.402. The molecule has 0 saturated carbocycles. The molecule has 0 spiro atoms. The molecule has 0 unspecified atom stereocenters. The molecule has 0 amide bonds. The monoisotopic (exact) mass is 333 g/mol. The fourth-order valence-corrected chi connectivity index (χ4v) is 2.51. The van der Waals surface area contributed by atoms with Gasteiger partial charge in [0.05, 0.1) is 11.9 Å². The highest BCUT2D eigenvalue weighted by Crippen LogP contribution is 2.25. The lowest BCUT2D eigenvalue weighted by molar-refractivity contribution is 0.531. The van der Waals surface area contributed by atoms with Gasteiger partial charge in [-0.25, -0.2) is 4.79 Å². The van der Waals surface area contributed by atoms with E-state index in [1.54, 1.807) is 12.4 Å². The van der Waals surface area contributed by atoms with E-state index < -0.39 is 5.63 Å². The number of pyridine rings is 1. The second kappa shape index (κ2) is 4.86. The third-order valence-electron chi connectivity index (χ3n) is 3.30. The van der Waals surface area contributed by atoms with E-state index in [4.69, 9.17) is 4.42 Å². The first-order valence-electron chi connectivity index (χ1n) is 6.13. The highest BCUT2D eigenvalue weighted by molar-refractivity contribution is 9.10. The quantitative estimate of drug-likeness (QED) is 0.723. The van der Waals surface area contributed by atoms with Crippen LogP contribution in [0.2, 0.25) is 0 Å². The molecule has 20 heavy (non-hydrogen) atoms. The van der Waals surface area contributed by atoms with Gasteiger partial charge in [0.2, 0.25) is 5.71 Å². The average molecular weight is 334 g/mol. The van der Waals surface area contributed by atoms with E-state index in [0.29, 0.717) is 16.7 Å². The van der Waals surface area contributed by atoms with Crippen molar-refractivity contribution in [3.63, 3.8) is 0 Å². The summed E-state index contributed by atoms with van der Waals surface area (Å²) in [7, 11) is 0. The summed E-state index contributed by atoms with van der Waals surface area (Å²) in [4.78, 5) is 15.7. The number of aromatic nitrogens is 3. The fourth-order valence-electron chi connectivity index (χ4n) is 2.24. The summed E-state index contributed by atoms with van der Waals surface area (Å²) in [5, 5.41) is 5.25. The Balaban J connectivity index is 2.17. The predicted octanol–water partition coefficient (Wildman–Crippen LogP) is 2.81. The maximum absolute atomic E-state index is 11.7. The van der Waals surface area contributed by atoms with E-state index in [-0.39, 0.29) is 0 Å². The Hall–Kier alpha value is -1.95. The summed E-state index contributed by atoms with van der Waals surface area (Å²) < 4.78 is 7.50. The maximum Gasteiger partial charge on any atom is 0.352 e. The first kappa shape index (κ1) is 13.1. The van der Waals surface area contributed by atoms with Crippen LogP contribution < -0.4 is 5.63 Å². The zero-order chi connectivity index (χ0) is 14.3. The highest BCUT2D eigenvalue weighted by atomic mass is 79.9. The first-order chi connectivity index (χ1) is 9.58. The van der Waals surface area contributed by atoms with E-state index in [1.807, 2.05) is 30.7 Å². The molecule has 0 bridgehead atoms. The van der Waals surface area contributed by atoms with Gasteiger partial charge < -0.3 is 4.42 Å². The second-order valence-corrected chi connectivity index (χ2v) is 5.41. The Morgan fingerprint density at radius 2 is 2.20 bits per heavy atom. The largest absolute Gasteiger partial charge is 0.401 e. The molecule has 0 atom stereocenters. The van der Waals surface area contributed by atoms with Gasteiger partial charge in [0, 0.05) is 18.1 Å². The summed E-state index contributed by atoms with van der Waals surface area (Å²) >= 11 is 3.26. The van der Waals surface area contributed by atoms with E-state index in [9.17, 15) is 4.79 Å². The molecule has 0 aliphatic carbocycles. The molecule has 0 aliphatic rings. The molecule has 0 radical (unpaired) electrons. The van der Waals surface area contributed by atoms with Crippen LogP contribution >= 0.6 is 15.9 Å². The van der Waals surface area contributed by atoms with Gasteiger partial charge in [-0.1, -0.05) is 6.07 Å². The van der Waals surface area contributed by atoms with E-state index in [2.05, 4.69) is 26.0 Å². The zero-order valence-electron chi connectivity index (χ0n) is 11.1. The minimum absolute atomic E-state index is 0.372. The number of fused-ring (bicyclic) bond motifs is 1. The van der Waals surface area contributed by atoms with Crippen molar-refractivity contribution in [3.05, 3.63) is 56.2 Å². The van der Waals surface area contributed by atoms with Crippen molar-refractivity contribution in [2.24, 2.45) is 0 Å². The third kappa shape index (κ3) is 2.06. The number of aryl methyl sites for hydroxylation is 2. The van der Waals surface area contributed by atoms with Gasteiger partial charge in [-0.3, -0.25) is 9.67 Å². The van der Waals surface area contributed by atoms with Gasteiger partial charge in [0.15, 0.2) is 0 Å². The van der Waals surface area contributed by atoms with Gasteiger partial charge in [-0.2, -0.15) is 0 Å². The number of hydrogen-bond donors (Lipinski definition) is 0. The lowest BCUT2D eigenvalue weighted by Gasteiger charge is -2.03. The SMILES string of the molecule is Cc1c(Br)c(=O)oc2nn(Cc3cccnc3)c(C)c12. The molecule has 0 N–H and O–H groups in total. The number of nitrogens with zero attached hydrogens (tertiary/aromatic N) is 3. The topological polar surface area (TPSA) is 60.9 Å². The summed E-state index contributed by atoms with van der Waals surface area (Å²) in [6, 6.07) is 3.87. The van der Waals surface area contributed by atoms with Crippen molar-refractivity contribution < 1.29 is 4.42 Å². The normalized spacial score (nSPS) is 11.2. The number of rotatable bonds is 2. The molecule has 3 aromatic rings. The third-order valence-corrected chi connectivity index (χ3v) is 4.22. The molecule has 5 nitrogen and oxygen atoms in total. The van der Waals surface area contributed by atoms with Crippen molar-refractivity contribution in [2.75, 3.05) is 0 Å². The number of halogens is 1. The van der Waals surface area contributed by atoms with Crippen molar-refractivity contribution in [1.82, 2.24) is 14.8 Å². The van der Waals surface area contributed by atoms with Crippen LogP contribution in [0.4, 0.5) is 0 Å². The molecule has 3 rings (SSSR count). The average Bonchev–Trinajstić information content (AvgIpc) is 2.74. The van der Waals surface area contributed by atoms with Crippen LogP contribution in [0.15, 0.2) is 38.2 Å². The fraction of sp³-hybridized carbons (Fsp3) is 0.214. The molecule has 3 heterocycles. The van der Waals surface area contributed by atoms with Crippen LogP contribution in [-0.4, -0.2) is 14.8 Å². The number of hydrogen-bond acceptors (Lipinski definition) is 4. The molecule has 0 aliphatic heterocycles. The summed E-state index contributed by atoms with van der Waals surface area (Å²) in [5.41, 5.74) is 2.83. The van der Waals surface area contributed by atoms with Gasteiger partial charge in [-0.05, 0) is 47.0 Å². The van der Waals surface area contributed by atoms with E-state index in [1.165, 1.54) is 0 Å². The summed E-state index contributed by atoms with van der Waals surface area (Å²) in [6.07, 6.45) is 3.53. The second-order valence-electron chi connectivity index (χ2n) is 4.61. The Kier molecular flexibility index (Phi) is 3.17. The van der Waals surface area contributed by atoms with Crippen LogP contribution in [0.1, 0.15) is 16.8 Å². The van der Waals surface area contributed by atoms with Crippen molar-refractivity contribution in [1.29, 1.82) is 0 Å². The van der Waals surface area contributed by atoms with E-state index >= 15 is 0 Å². The van der Waals surface area contributed by atoms with Crippen molar-refractivity contribution in [3.8, 4) is 0 Å². The molecule has 0 aromatic carbocycles. The van der Waals surface area contributed by atoms with Gasteiger partial charge in [0.1, 0.15) is 4.47 Å². The van der Waals surface area contributed by atoms with Gasteiger partial charge in [0.25, 0.3) is 0 Å². The Morgan fingerprint density at radius 1 is 1.40 bits per heavy atom. The van der Waals surface area contributed by atoms with Crippen LogP contribution in [-0.2, 0) is 6.54 Å². The maximum atomic E-state index is 11.7. The smallest absolute Gasteiger partial charge is 0.352 e. The van der Waals surface area contributed by atoms with E-state index in [0.717, 1.165) is 22.2 Å². The zero-order valence-corrected chi connectivity index (χ0v) is 12.6. The van der Waals surface area contributed by atoms with Crippen LogP contribution in [0.25, 0.3) is 11.1 Å².